The first-order valence-corrected chi connectivity index (χ1v) is 11.5. The molecule has 0 radical (unpaired) electrons. The Kier molecular flexibility index (Phi) is 7.22. The van der Waals surface area contributed by atoms with Crippen LogP contribution in [0.1, 0.15) is 26.2 Å². The fourth-order valence-corrected chi connectivity index (χ4v) is 5.12. The average Bonchev–Trinajstić information content (AvgIpc) is 2.74. The first-order chi connectivity index (χ1) is 14.4. The van der Waals surface area contributed by atoms with E-state index < -0.39 is 14.9 Å². The standard InChI is InChI=1S/C20H27N5O4S/c1-16-4-2-13-24(15-16)30(28,29)18-5-6-19(20(14-18)25(26)27)23-10-3-9-22-17-7-11-21-12-8-17/h5-8,11-12,14,16,23H,2-4,9-10,13,15H2,1H3,(H,21,22)/t16-/m1/s1. The van der Waals surface area contributed by atoms with Gasteiger partial charge in [0.15, 0.2) is 0 Å². The Bertz CT molecular complexity index is 968. The highest BCUT2D eigenvalue weighted by atomic mass is 32.2. The molecule has 0 spiro atoms. The van der Waals surface area contributed by atoms with E-state index in [2.05, 4.69) is 15.6 Å². The molecule has 162 valence electrons. The second kappa shape index (κ2) is 9.86. The van der Waals surface area contributed by atoms with Crippen LogP contribution in [0.5, 0.6) is 0 Å². The maximum Gasteiger partial charge on any atom is 0.293 e. The summed E-state index contributed by atoms with van der Waals surface area (Å²) < 4.78 is 27.3. The Labute approximate surface area is 176 Å². The maximum atomic E-state index is 12.9. The molecule has 1 aromatic carbocycles. The lowest BCUT2D eigenvalue weighted by molar-refractivity contribution is -0.384. The second-order valence-electron chi connectivity index (χ2n) is 7.49. The Hall–Kier alpha value is -2.72. The van der Waals surface area contributed by atoms with Gasteiger partial charge in [-0.2, -0.15) is 4.31 Å². The van der Waals surface area contributed by atoms with Crippen LogP contribution in [0, 0.1) is 16.0 Å². The molecule has 2 heterocycles. The largest absolute Gasteiger partial charge is 0.385 e. The highest BCUT2D eigenvalue weighted by molar-refractivity contribution is 7.89. The number of hydrogen-bond donors (Lipinski definition) is 2. The van der Waals surface area contributed by atoms with Gasteiger partial charge in [0, 0.05) is 50.3 Å². The van der Waals surface area contributed by atoms with Crippen LogP contribution >= 0.6 is 0 Å². The summed E-state index contributed by atoms with van der Waals surface area (Å²) in [7, 11) is -3.74. The minimum Gasteiger partial charge on any atom is -0.385 e. The highest BCUT2D eigenvalue weighted by Crippen LogP contribution is 2.30. The van der Waals surface area contributed by atoms with Crippen molar-refractivity contribution in [3.8, 4) is 0 Å². The molecule has 0 saturated carbocycles. The third kappa shape index (κ3) is 5.45. The van der Waals surface area contributed by atoms with Gasteiger partial charge in [-0.1, -0.05) is 6.92 Å². The first kappa shape index (κ1) is 22.0. The molecule has 10 heteroatoms. The van der Waals surface area contributed by atoms with Gasteiger partial charge in [0.25, 0.3) is 5.69 Å². The predicted molar refractivity (Wildman–Crippen MR) is 116 cm³/mol. The molecule has 30 heavy (non-hydrogen) atoms. The number of aromatic nitrogens is 1. The number of nitro benzene ring substituents is 1. The highest BCUT2D eigenvalue weighted by Gasteiger charge is 2.30. The van der Waals surface area contributed by atoms with Crippen LogP contribution in [0.15, 0.2) is 47.6 Å². The monoisotopic (exact) mass is 433 g/mol. The zero-order valence-corrected chi connectivity index (χ0v) is 17.8. The number of nitro groups is 1. The van der Waals surface area contributed by atoms with Crippen molar-refractivity contribution in [1.29, 1.82) is 0 Å². The van der Waals surface area contributed by atoms with E-state index in [1.807, 2.05) is 19.1 Å². The number of anilines is 2. The molecule has 0 bridgehead atoms. The quantitative estimate of drug-likeness (QED) is 0.354. The molecule has 1 atom stereocenters. The van der Waals surface area contributed by atoms with Gasteiger partial charge in [0.1, 0.15) is 5.69 Å². The SMILES string of the molecule is C[C@@H]1CCCN(S(=O)(=O)c2ccc(NCCCNc3ccncc3)c([N+](=O)[O-])c2)C1. The zero-order chi connectivity index (χ0) is 21.6. The molecule has 1 saturated heterocycles. The lowest BCUT2D eigenvalue weighted by atomic mass is 10.0. The van der Waals surface area contributed by atoms with E-state index in [4.69, 9.17) is 0 Å². The number of pyridine rings is 1. The smallest absolute Gasteiger partial charge is 0.293 e. The topological polar surface area (TPSA) is 117 Å². The third-order valence-corrected chi connectivity index (χ3v) is 6.96. The van der Waals surface area contributed by atoms with Gasteiger partial charge >= 0.3 is 0 Å². The predicted octanol–water partition coefficient (Wildman–Crippen LogP) is 3.32. The van der Waals surface area contributed by atoms with Crippen LogP contribution in [0.3, 0.4) is 0 Å². The molecular formula is C20H27N5O4S. The molecule has 3 rings (SSSR count). The summed E-state index contributed by atoms with van der Waals surface area (Å²) in [6, 6.07) is 7.81. The minimum atomic E-state index is -3.74. The van der Waals surface area contributed by atoms with Crippen molar-refractivity contribution in [2.75, 3.05) is 36.8 Å². The molecule has 1 fully saturated rings. The molecule has 2 aromatic rings. The summed E-state index contributed by atoms with van der Waals surface area (Å²) in [5.41, 5.74) is 1.04. The van der Waals surface area contributed by atoms with Crippen LogP contribution in [-0.4, -0.2) is 48.8 Å². The van der Waals surface area contributed by atoms with Crippen molar-refractivity contribution < 1.29 is 13.3 Å². The van der Waals surface area contributed by atoms with Crippen LogP contribution in [0.2, 0.25) is 0 Å². The Morgan fingerprint density at radius 2 is 1.93 bits per heavy atom. The lowest BCUT2D eigenvalue weighted by Crippen LogP contribution is -2.39. The third-order valence-electron chi connectivity index (χ3n) is 5.10. The van der Waals surface area contributed by atoms with E-state index in [1.54, 1.807) is 12.4 Å². The summed E-state index contributed by atoms with van der Waals surface area (Å²) in [6.45, 7) is 4.10. The van der Waals surface area contributed by atoms with Gasteiger partial charge in [-0.15, -0.1) is 0 Å². The van der Waals surface area contributed by atoms with Gasteiger partial charge in [-0.05, 0) is 49.4 Å². The van der Waals surface area contributed by atoms with Gasteiger partial charge < -0.3 is 10.6 Å². The maximum absolute atomic E-state index is 12.9. The number of benzene rings is 1. The first-order valence-electron chi connectivity index (χ1n) is 10.0. The van der Waals surface area contributed by atoms with Crippen LogP contribution in [0.4, 0.5) is 17.1 Å². The summed E-state index contributed by atoms with van der Waals surface area (Å²) in [6.07, 6.45) is 5.92. The molecule has 0 amide bonds. The Morgan fingerprint density at radius 3 is 2.63 bits per heavy atom. The van der Waals surface area contributed by atoms with Crippen LogP contribution in [0.25, 0.3) is 0 Å². The lowest BCUT2D eigenvalue weighted by Gasteiger charge is -2.30. The van der Waals surface area contributed by atoms with Gasteiger partial charge in [-0.25, -0.2) is 8.42 Å². The fourth-order valence-electron chi connectivity index (χ4n) is 3.50. The summed E-state index contributed by atoms with van der Waals surface area (Å²) >= 11 is 0. The summed E-state index contributed by atoms with van der Waals surface area (Å²) in [5, 5.41) is 17.8. The molecule has 0 aliphatic carbocycles. The molecule has 2 N–H and O–H groups in total. The minimum absolute atomic E-state index is 0.0341. The van der Waals surface area contributed by atoms with Crippen molar-refractivity contribution in [3.05, 3.63) is 52.8 Å². The number of nitrogens with one attached hydrogen (secondary N) is 2. The average molecular weight is 434 g/mol. The molecule has 9 nitrogen and oxygen atoms in total. The van der Waals surface area contributed by atoms with Crippen molar-refractivity contribution in [2.45, 2.75) is 31.1 Å². The van der Waals surface area contributed by atoms with E-state index >= 15 is 0 Å². The van der Waals surface area contributed by atoms with Crippen molar-refractivity contribution >= 4 is 27.1 Å². The van der Waals surface area contributed by atoms with Crippen molar-refractivity contribution in [1.82, 2.24) is 9.29 Å². The van der Waals surface area contributed by atoms with E-state index in [-0.39, 0.29) is 16.5 Å². The normalized spacial score (nSPS) is 17.4. The van der Waals surface area contributed by atoms with E-state index in [1.165, 1.54) is 16.4 Å². The van der Waals surface area contributed by atoms with Crippen molar-refractivity contribution in [2.24, 2.45) is 5.92 Å². The number of sulfonamides is 1. The van der Waals surface area contributed by atoms with Crippen LogP contribution < -0.4 is 10.6 Å². The Morgan fingerprint density at radius 1 is 1.20 bits per heavy atom. The number of nitrogens with zero attached hydrogens (tertiary/aromatic N) is 3. The zero-order valence-electron chi connectivity index (χ0n) is 17.0. The molecule has 0 unspecified atom stereocenters. The number of rotatable bonds is 9. The van der Waals surface area contributed by atoms with E-state index in [9.17, 15) is 18.5 Å². The fraction of sp³-hybridized carbons (Fsp3) is 0.450. The number of hydrogen-bond acceptors (Lipinski definition) is 7. The Balaban J connectivity index is 1.64. The van der Waals surface area contributed by atoms with Gasteiger partial charge in [-0.3, -0.25) is 15.1 Å². The summed E-state index contributed by atoms with van der Waals surface area (Å²) in [5.74, 6) is 0.283. The number of piperidine rings is 1. The van der Waals surface area contributed by atoms with E-state index in [0.29, 0.717) is 31.9 Å². The molecular weight excluding hydrogens is 406 g/mol. The van der Waals surface area contributed by atoms with Crippen molar-refractivity contribution in [3.63, 3.8) is 0 Å². The second-order valence-corrected chi connectivity index (χ2v) is 9.43. The molecule has 1 aromatic heterocycles. The molecule has 1 aliphatic rings. The summed E-state index contributed by atoms with van der Waals surface area (Å²) in [4.78, 5) is 14.9. The molecule has 1 aliphatic heterocycles. The van der Waals surface area contributed by atoms with E-state index in [0.717, 1.165) is 31.0 Å². The van der Waals surface area contributed by atoms with Gasteiger partial charge in [0.2, 0.25) is 10.0 Å². The van der Waals surface area contributed by atoms with Crippen LogP contribution in [-0.2, 0) is 10.0 Å². The van der Waals surface area contributed by atoms with Gasteiger partial charge in [0.05, 0.1) is 9.82 Å².